The lowest BCUT2D eigenvalue weighted by Crippen LogP contribution is -2.02. The first-order valence-corrected chi connectivity index (χ1v) is 4.16. The van der Waals surface area contributed by atoms with Crippen molar-refractivity contribution in [1.29, 1.82) is 0 Å². The third kappa shape index (κ3) is 1.96. The Morgan fingerprint density at radius 2 is 1.85 bits per heavy atom. The smallest absolute Gasteiger partial charge is 0.164 e. The average molecular weight is 181 g/mol. The molecule has 4 nitrogen and oxygen atoms in total. The van der Waals surface area contributed by atoms with E-state index in [1.165, 1.54) is 0 Å². The quantitative estimate of drug-likeness (QED) is 0.614. The zero-order valence-electron chi connectivity index (χ0n) is 7.92. The third-order valence-electron chi connectivity index (χ3n) is 1.73. The number of nitrogen functional groups attached to an aromatic ring is 2. The summed E-state index contributed by atoms with van der Waals surface area (Å²) in [6, 6.07) is 3.61. The monoisotopic (exact) mass is 181 g/mol. The van der Waals surface area contributed by atoms with Crippen molar-refractivity contribution in [2.45, 2.75) is 6.92 Å². The maximum atomic E-state index is 5.72. The number of rotatable bonds is 3. The van der Waals surface area contributed by atoms with Crippen LogP contribution in [-0.4, -0.2) is 13.7 Å². The van der Waals surface area contributed by atoms with E-state index in [0.717, 1.165) is 12.2 Å². The summed E-state index contributed by atoms with van der Waals surface area (Å²) < 4.78 is 5.03. The maximum absolute atomic E-state index is 5.72. The van der Waals surface area contributed by atoms with Gasteiger partial charge in [-0.15, -0.1) is 0 Å². The van der Waals surface area contributed by atoms with Crippen LogP contribution in [0.1, 0.15) is 6.92 Å². The normalized spacial score (nSPS) is 9.69. The Hall–Kier alpha value is -1.58. The van der Waals surface area contributed by atoms with Crippen molar-refractivity contribution in [3.63, 3.8) is 0 Å². The Morgan fingerprint density at radius 1 is 1.31 bits per heavy atom. The van der Waals surface area contributed by atoms with Gasteiger partial charge in [0, 0.05) is 12.2 Å². The van der Waals surface area contributed by atoms with Gasteiger partial charge in [-0.1, -0.05) is 0 Å². The van der Waals surface area contributed by atoms with E-state index in [2.05, 4.69) is 5.32 Å². The van der Waals surface area contributed by atoms with Crippen LogP contribution in [0.25, 0.3) is 0 Å². The first-order chi connectivity index (χ1) is 6.19. The van der Waals surface area contributed by atoms with Crippen molar-refractivity contribution >= 4 is 17.1 Å². The van der Waals surface area contributed by atoms with Crippen LogP contribution in [-0.2, 0) is 0 Å². The molecule has 0 fully saturated rings. The van der Waals surface area contributed by atoms with Crippen LogP contribution in [0.5, 0.6) is 5.75 Å². The van der Waals surface area contributed by atoms with Crippen LogP contribution < -0.4 is 21.5 Å². The van der Waals surface area contributed by atoms with Gasteiger partial charge < -0.3 is 21.5 Å². The summed E-state index contributed by atoms with van der Waals surface area (Å²) in [5.41, 5.74) is 13.5. The molecular formula is C9H15N3O. The van der Waals surface area contributed by atoms with Crippen molar-refractivity contribution in [1.82, 2.24) is 0 Å². The molecule has 0 spiro atoms. The number of hydrogen-bond donors (Lipinski definition) is 3. The highest BCUT2D eigenvalue weighted by atomic mass is 16.5. The summed E-state index contributed by atoms with van der Waals surface area (Å²) in [7, 11) is 1.55. The molecule has 0 saturated carbocycles. The van der Waals surface area contributed by atoms with Crippen LogP contribution in [0, 0.1) is 0 Å². The molecule has 0 radical (unpaired) electrons. The van der Waals surface area contributed by atoms with Gasteiger partial charge in [0.15, 0.2) is 5.75 Å². The lowest BCUT2D eigenvalue weighted by atomic mass is 10.2. The van der Waals surface area contributed by atoms with Crippen molar-refractivity contribution in [2.24, 2.45) is 0 Å². The maximum Gasteiger partial charge on any atom is 0.164 e. The largest absolute Gasteiger partial charge is 0.492 e. The fraction of sp³-hybridized carbons (Fsp3) is 0.333. The molecule has 0 unspecified atom stereocenters. The van der Waals surface area contributed by atoms with Gasteiger partial charge >= 0.3 is 0 Å². The fourth-order valence-corrected chi connectivity index (χ4v) is 1.22. The molecular weight excluding hydrogens is 166 g/mol. The van der Waals surface area contributed by atoms with E-state index >= 15 is 0 Å². The number of ether oxygens (including phenoxy) is 1. The second-order valence-corrected chi connectivity index (χ2v) is 2.72. The number of hydrogen-bond acceptors (Lipinski definition) is 4. The van der Waals surface area contributed by atoms with E-state index in [1.807, 2.05) is 6.92 Å². The van der Waals surface area contributed by atoms with Gasteiger partial charge in [0.2, 0.25) is 0 Å². The van der Waals surface area contributed by atoms with Gasteiger partial charge in [0.25, 0.3) is 0 Å². The number of anilines is 3. The number of nitrogens with one attached hydrogen (secondary N) is 1. The molecule has 0 saturated heterocycles. The van der Waals surface area contributed by atoms with Gasteiger partial charge in [0.1, 0.15) is 0 Å². The van der Waals surface area contributed by atoms with Crippen LogP contribution in [0.3, 0.4) is 0 Å². The molecule has 0 aliphatic carbocycles. The summed E-state index contributed by atoms with van der Waals surface area (Å²) in [6.45, 7) is 2.85. The number of methoxy groups -OCH3 is 1. The molecule has 4 heteroatoms. The second kappa shape index (κ2) is 3.89. The average Bonchev–Trinajstić information content (AvgIpc) is 2.04. The van der Waals surface area contributed by atoms with E-state index in [4.69, 9.17) is 16.2 Å². The van der Waals surface area contributed by atoms with E-state index in [0.29, 0.717) is 17.1 Å². The van der Waals surface area contributed by atoms with E-state index in [9.17, 15) is 0 Å². The van der Waals surface area contributed by atoms with Crippen molar-refractivity contribution in [3.05, 3.63) is 12.1 Å². The van der Waals surface area contributed by atoms with Gasteiger partial charge in [-0.05, 0) is 19.1 Å². The van der Waals surface area contributed by atoms with Gasteiger partial charge in [0.05, 0.1) is 18.5 Å². The molecule has 5 N–H and O–H groups in total. The summed E-state index contributed by atoms with van der Waals surface area (Å²) in [5, 5.41) is 3.12. The van der Waals surface area contributed by atoms with E-state index in [-0.39, 0.29) is 0 Å². The van der Waals surface area contributed by atoms with Crippen LogP contribution >= 0.6 is 0 Å². The second-order valence-electron chi connectivity index (χ2n) is 2.72. The minimum Gasteiger partial charge on any atom is -0.492 e. The predicted molar refractivity (Wildman–Crippen MR) is 56.0 cm³/mol. The van der Waals surface area contributed by atoms with Crippen LogP contribution in [0.2, 0.25) is 0 Å². The first kappa shape index (κ1) is 9.51. The molecule has 13 heavy (non-hydrogen) atoms. The molecule has 0 atom stereocenters. The summed E-state index contributed by atoms with van der Waals surface area (Å²) in [4.78, 5) is 0. The molecule has 0 aromatic heterocycles. The van der Waals surface area contributed by atoms with E-state index < -0.39 is 0 Å². The predicted octanol–water partition coefficient (Wildman–Crippen LogP) is 1.29. The molecule has 72 valence electrons. The molecule has 0 aliphatic heterocycles. The molecule has 0 amide bonds. The third-order valence-corrected chi connectivity index (χ3v) is 1.73. The minimum atomic E-state index is 0.543. The lowest BCUT2D eigenvalue weighted by molar-refractivity contribution is 0.419. The van der Waals surface area contributed by atoms with Crippen molar-refractivity contribution in [2.75, 3.05) is 30.4 Å². The van der Waals surface area contributed by atoms with Gasteiger partial charge in [-0.3, -0.25) is 0 Å². The highest BCUT2D eigenvalue weighted by molar-refractivity contribution is 5.74. The standard InChI is InChI=1S/C9H15N3O/c1-3-12-6-4-7(10)9(13-2)8(11)5-6/h4-5,12H,3,10-11H2,1-2H3. The van der Waals surface area contributed by atoms with Crippen molar-refractivity contribution in [3.8, 4) is 5.75 Å². The Balaban J connectivity index is 3.05. The summed E-state index contributed by atoms with van der Waals surface area (Å²) >= 11 is 0. The summed E-state index contributed by atoms with van der Waals surface area (Å²) in [5.74, 6) is 0.543. The zero-order valence-corrected chi connectivity index (χ0v) is 7.92. The Morgan fingerprint density at radius 3 is 2.23 bits per heavy atom. The SMILES string of the molecule is CCNc1cc(N)c(OC)c(N)c1. The van der Waals surface area contributed by atoms with Crippen molar-refractivity contribution < 1.29 is 4.74 Å². The highest BCUT2D eigenvalue weighted by Crippen LogP contribution is 2.32. The van der Waals surface area contributed by atoms with Gasteiger partial charge in [-0.25, -0.2) is 0 Å². The first-order valence-electron chi connectivity index (χ1n) is 4.16. The highest BCUT2D eigenvalue weighted by Gasteiger charge is 2.05. The molecule has 0 heterocycles. The lowest BCUT2D eigenvalue weighted by Gasteiger charge is -2.11. The fourth-order valence-electron chi connectivity index (χ4n) is 1.22. The minimum absolute atomic E-state index is 0.543. The van der Waals surface area contributed by atoms with Crippen LogP contribution in [0.4, 0.5) is 17.1 Å². The number of nitrogens with two attached hydrogens (primary N) is 2. The van der Waals surface area contributed by atoms with Crippen LogP contribution in [0.15, 0.2) is 12.1 Å². The van der Waals surface area contributed by atoms with E-state index in [1.54, 1.807) is 19.2 Å². The molecule has 0 bridgehead atoms. The van der Waals surface area contributed by atoms with Gasteiger partial charge in [-0.2, -0.15) is 0 Å². The number of benzene rings is 1. The molecule has 1 rings (SSSR count). The Labute approximate surface area is 77.9 Å². The Kier molecular flexibility index (Phi) is 2.84. The zero-order chi connectivity index (χ0) is 9.84. The molecule has 0 aliphatic rings. The Bertz CT molecular complexity index is 276. The summed E-state index contributed by atoms with van der Waals surface area (Å²) in [6.07, 6.45) is 0. The topological polar surface area (TPSA) is 73.3 Å². The molecule has 1 aromatic carbocycles. The molecule has 1 aromatic rings.